The minimum atomic E-state index is -0.435. The topological polar surface area (TPSA) is 89.2 Å². The van der Waals surface area contributed by atoms with Gasteiger partial charge in [-0.2, -0.15) is 4.98 Å². The molecule has 1 fully saturated rings. The van der Waals surface area contributed by atoms with Crippen LogP contribution in [0.3, 0.4) is 0 Å². The van der Waals surface area contributed by atoms with Gasteiger partial charge in [0.05, 0.1) is 17.8 Å². The summed E-state index contributed by atoms with van der Waals surface area (Å²) in [4.78, 5) is 15.6. The number of nitrogens with one attached hydrogen (secondary N) is 1. The Labute approximate surface area is 147 Å². The number of anilines is 1. The summed E-state index contributed by atoms with van der Waals surface area (Å²) in [6.45, 7) is 10.2. The standard InChI is InChI=1S/C17H24N6O2/c1-4-17(2,5-10-24-3)16-21-15(22-25-16)13-11-20-14(12-19-13)23-8-6-18-7-9-23/h4,11-12,18H,1,5-10H2,2-3H3. The van der Waals surface area contributed by atoms with Crippen LogP contribution in [0.5, 0.6) is 0 Å². The van der Waals surface area contributed by atoms with Crippen LogP contribution in [0.1, 0.15) is 19.2 Å². The minimum absolute atomic E-state index is 0.430. The van der Waals surface area contributed by atoms with Crippen molar-refractivity contribution in [2.45, 2.75) is 18.8 Å². The highest BCUT2D eigenvalue weighted by Crippen LogP contribution is 2.29. The van der Waals surface area contributed by atoms with Crippen molar-refractivity contribution in [3.63, 3.8) is 0 Å². The van der Waals surface area contributed by atoms with Crippen LogP contribution in [0.4, 0.5) is 5.82 Å². The lowest BCUT2D eigenvalue weighted by Crippen LogP contribution is -2.43. The van der Waals surface area contributed by atoms with Gasteiger partial charge in [-0.15, -0.1) is 6.58 Å². The number of allylic oxidation sites excluding steroid dienone is 1. The molecule has 0 aromatic carbocycles. The molecular weight excluding hydrogens is 320 g/mol. The molecule has 1 N–H and O–H groups in total. The van der Waals surface area contributed by atoms with Crippen molar-refractivity contribution in [1.82, 2.24) is 25.4 Å². The molecule has 8 nitrogen and oxygen atoms in total. The second kappa shape index (κ2) is 7.71. The molecule has 3 rings (SSSR count). The lowest BCUT2D eigenvalue weighted by molar-refractivity contribution is 0.170. The molecule has 25 heavy (non-hydrogen) atoms. The summed E-state index contributed by atoms with van der Waals surface area (Å²) < 4.78 is 10.6. The Morgan fingerprint density at radius 3 is 2.80 bits per heavy atom. The van der Waals surface area contributed by atoms with Crippen LogP contribution in [0.15, 0.2) is 29.6 Å². The molecular formula is C17H24N6O2. The Balaban J connectivity index is 1.76. The molecule has 2 aromatic heterocycles. The van der Waals surface area contributed by atoms with Crippen molar-refractivity contribution < 1.29 is 9.26 Å². The van der Waals surface area contributed by atoms with E-state index in [1.807, 2.05) is 13.0 Å². The average molecular weight is 344 g/mol. The van der Waals surface area contributed by atoms with Gasteiger partial charge in [-0.25, -0.2) is 9.97 Å². The number of rotatable bonds is 7. The number of aromatic nitrogens is 4. The van der Waals surface area contributed by atoms with Crippen molar-refractivity contribution in [1.29, 1.82) is 0 Å². The fourth-order valence-corrected chi connectivity index (χ4v) is 2.66. The Kier molecular flexibility index (Phi) is 5.40. The smallest absolute Gasteiger partial charge is 0.236 e. The molecule has 0 saturated carbocycles. The molecule has 0 spiro atoms. The van der Waals surface area contributed by atoms with Gasteiger partial charge < -0.3 is 19.5 Å². The first-order valence-corrected chi connectivity index (χ1v) is 8.41. The highest BCUT2D eigenvalue weighted by atomic mass is 16.5. The van der Waals surface area contributed by atoms with E-state index in [9.17, 15) is 0 Å². The third-order valence-electron chi connectivity index (χ3n) is 4.50. The van der Waals surface area contributed by atoms with E-state index in [4.69, 9.17) is 9.26 Å². The molecule has 0 bridgehead atoms. The van der Waals surface area contributed by atoms with Gasteiger partial charge in [-0.1, -0.05) is 11.2 Å². The van der Waals surface area contributed by atoms with Crippen LogP contribution >= 0.6 is 0 Å². The normalized spacial score (nSPS) is 17.3. The molecule has 134 valence electrons. The van der Waals surface area contributed by atoms with Crippen molar-refractivity contribution in [2.75, 3.05) is 44.8 Å². The van der Waals surface area contributed by atoms with E-state index in [0.29, 0.717) is 30.4 Å². The molecule has 1 atom stereocenters. The molecule has 1 saturated heterocycles. The Morgan fingerprint density at radius 2 is 2.16 bits per heavy atom. The zero-order valence-corrected chi connectivity index (χ0v) is 14.7. The van der Waals surface area contributed by atoms with Crippen LogP contribution in [0.25, 0.3) is 11.5 Å². The Morgan fingerprint density at radius 1 is 1.36 bits per heavy atom. The van der Waals surface area contributed by atoms with Crippen molar-refractivity contribution >= 4 is 5.82 Å². The third kappa shape index (κ3) is 3.85. The second-order valence-electron chi connectivity index (χ2n) is 6.28. The van der Waals surface area contributed by atoms with Gasteiger partial charge in [0.2, 0.25) is 11.7 Å². The van der Waals surface area contributed by atoms with Crippen LogP contribution in [-0.2, 0) is 10.2 Å². The SMILES string of the molecule is C=CC(C)(CCOC)c1nc(-c2cnc(N3CCNCC3)cn2)no1. The number of hydrogen-bond donors (Lipinski definition) is 1. The van der Waals surface area contributed by atoms with E-state index >= 15 is 0 Å². The van der Waals surface area contributed by atoms with E-state index in [2.05, 4.69) is 36.9 Å². The summed E-state index contributed by atoms with van der Waals surface area (Å²) in [6, 6.07) is 0. The first-order valence-electron chi connectivity index (χ1n) is 8.41. The lowest BCUT2D eigenvalue weighted by Gasteiger charge is -2.27. The summed E-state index contributed by atoms with van der Waals surface area (Å²) >= 11 is 0. The van der Waals surface area contributed by atoms with Crippen molar-refractivity contribution in [3.8, 4) is 11.5 Å². The van der Waals surface area contributed by atoms with Crippen LogP contribution < -0.4 is 10.2 Å². The van der Waals surface area contributed by atoms with Gasteiger partial charge >= 0.3 is 0 Å². The summed E-state index contributed by atoms with van der Waals surface area (Å²) in [5.74, 6) is 1.80. The fourth-order valence-electron chi connectivity index (χ4n) is 2.66. The molecule has 1 aliphatic rings. The second-order valence-corrected chi connectivity index (χ2v) is 6.28. The number of nitrogens with zero attached hydrogens (tertiary/aromatic N) is 5. The predicted molar refractivity (Wildman–Crippen MR) is 94.4 cm³/mol. The highest BCUT2D eigenvalue weighted by Gasteiger charge is 2.30. The predicted octanol–water partition coefficient (Wildman–Crippen LogP) is 1.42. The molecule has 3 heterocycles. The molecule has 0 aliphatic carbocycles. The third-order valence-corrected chi connectivity index (χ3v) is 4.50. The van der Waals surface area contributed by atoms with Crippen LogP contribution in [-0.4, -0.2) is 60.0 Å². The first-order chi connectivity index (χ1) is 12.2. The fraction of sp³-hybridized carbons (Fsp3) is 0.529. The van der Waals surface area contributed by atoms with Crippen molar-refractivity contribution in [3.05, 3.63) is 30.9 Å². The zero-order chi connectivity index (χ0) is 17.7. The molecule has 0 radical (unpaired) electrons. The van der Waals surface area contributed by atoms with E-state index in [1.54, 1.807) is 19.5 Å². The Hall–Kier alpha value is -2.32. The maximum Gasteiger partial charge on any atom is 0.236 e. The summed E-state index contributed by atoms with van der Waals surface area (Å²) in [5.41, 5.74) is 0.155. The van der Waals surface area contributed by atoms with Gasteiger partial charge in [-0.3, -0.25) is 0 Å². The van der Waals surface area contributed by atoms with E-state index in [1.165, 1.54) is 0 Å². The molecule has 2 aromatic rings. The van der Waals surface area contributed by atoms with Gasteiger partial charge in [0.1, 0.15) is 11.5 Å². The average Bonchev–Trinajstić information content (AvgIpc) is 3.18. The van der Waals surface area contributed by atoms with Crippen LogP contribution in [0.2, 0.25) is 0 Å². The lowest BCUT2D eigenvalue weighted by atomic mass is 9.87. The number of hydrogen-bond acceptors (Lipinski definition) is 8. The van der Waals surface area contributed by atoms with Crippen LogP contribution in [0, 0.1) is 0 Å². The zero-order valence-electron chi connectivity index (χ0n) is 14.7. The summed E-state index contributed by atoms with van der Waals surface area (Å²) in [5, 5.41) is 7.37. The van der Waals surface area contributed by atoms with E-state index < -0.39 is 5.41 Å². The maximum absolute atomic E-state index is 5.44. The molecule has 1 aliphatic heterocycles. The van der Waals surface area contributed by atoms with E-state index in [-0.39, 0.29) is 0 Å². The van der Waals surface area contributed by atoms with E-state index in [0.717, 1.165) is 32.0 Å². The molecule has 8 heteroatoms. The number of piperazine rings is 1. The van der Waals surface area contributed by atoms with Gasteiger partial charge in [0.15, 0.2) is 0 Å². The van der Waals surface area contributed by atoms with Gasteiger partial charge in [0.25, 0.3) is 0 Å². The summed E-state index contributed by atoms with van der Waals surface area (Å²) in [7, 11) is 1.66. The van der Waals surface area contributed by atoms with Gasteiger partial charge in [-0.05, 0) is 13.3 Å². The number of methoxy groups -OCH3 is 1. The summed E-state index contributed by atoms with van der Waals surface area (Å²) in [6.07, 6.45) is 5.96. The van der Waals surface area contributed by atoms with Gasteiger partial charge in [0, 0.05) is 39.9 Å². The maximum atomic E-state index is 5.44. The number of ether oxygens (including phenoxy) is 1. The minimum Gasteiger partial charge on any atom is -0.385 e. The molecule has 0 amide bonds. The Bertz CT molecular complexity index is 695. The highest BCUT2D eigenvalue weighted by molar-refractivity contribution is 5.49. The van der Waals surface area contributed by atoms with Crippen molar-refractivity contribution in [2.24, 2.45) is 0 Å². The molecule has 1 unspecified atom stereocenters. The quantitative estimate of drug-likeness (QED) is 0.754. The monoisotopic (exact) mass is 344 g/mol. The first kappa shape index (κ1) is 17.5. The largest absolute Gasteiger partial charge is 0.385 e.